The maximum Gasteiger partial charge on any atom is 0.303 e. The van der Waals surface area contributed by atoms with E-state index in [0.29, 0.717) is 12.1 Å². The maximum atomic E-state index is 12.3. The van der Waals surface area contributed by atoms with Crippen molar-refractivity contribution in [3.63, 3.8) is 0 Å². The molecule has 0 unspecified atom stereocenters. The lowest BCUT2D eigenvalue weighted by molar-refractivity contribution is -0.137. The fourth-order valence-electron chi connectivity index (χ4n) is 2.75. The lowest BCUT2D eigenvalue weighted by atomic mass is 10.1. The summed E-state index contributed by atoms with van der Waals surface area (Å²) in [6.45, 7) is 0.654. The van der Waals surface area contributed by atoms with Crippen LogP contribution in [0.5, 0.6) is 0 Å². The first-order valence-corrected chi connectivity index (χ1v) is 8.13. The van der Waals surface area contributed by atoms with Crippen LogP contribution in [-0.4, -0.2) is 28.1 Å². The lowest BCUT2D eigenvalue weighted by Crippen LogP contribution is -2.24. The highest BCUT2D eigenvalue weighted by Crippen LogP contribution is 2.20. The van der Waals surface area contributed by atoms with Crippen LogP contribution in [0.4, 0.5) is 0 Å². The largest absolute Gasteiger partial charge is 0.481 e. The molecule has 0 atom stereocenters. The van der Waals surface area contributed by atoms with E-state index in [4.69, 9.17) is 5.11 Å². The Morgan fingerprint density at radius 2 is 1.78 bits per heavy atom. The number of para-hydroxylation sites is 1. The molecule has 124 valence electrons. The number of hydrogen-bond acceptors (Lipinski definition) is 2. The van der Waals surface area contributed by atoms with E-state index in [0.717, 1.165) is 43.0 Å². The first-order chi connectivity index (χ1) is 11.1. The maximum absolute atomic E-state index is 12.3. The zero-order valence-electron chi connectivity index (χ0n) is 13.5. The first-order valence-electron chi connectivity index (χ1n) is 8.13. The molecule has 0 aliphatic heterocycles. The molecule has 0 saturated heterocycles. The van der Waals surface area contributed by atoms with Crippen molar-refractivity contribution in [3.05, 3.63) is 36.0 Å². The molecule has 2 N–H and O–H groups in total. The topological polar surface area (TPSA) is 71.3 Å². The van der Waals surface area contributed by atoms with Gasteiger partial charge in [0.05, 0.1) is 5.56 Å². The van der Waals surface area contributed by atoms with E-state index in [1.54, 1.807) is 0 Å². The Balaban J connectivity index is 1.72. The van der Waals surface area contributed by atoms with Gasteiger partial charge in [-0.05, 0) is 18.9 Å². The number of aliphatic carboxylic acids is 1. The SMILES string of the molecule is Cn1cc(C(=O)NCCCCCCCC(=O)O)c2ccccc21. The number of carboxylic acids is 1. The van der Waals surface area contributed by atoms with Gasteiger partial charge in [0.1, 0.15) is 0 Å². The molecule has 1 amide bonds. The van der Waals surface area contributed by atoms with E-state index in [2.05, 4.69) is 5.32 Å². The van der Waals surface area contributed by atoms with E-state index < -0.39 is 5.97 Å². The average molecular weight is 316 g/mol. The molecule has 0 spiro atoms. The van der Waals surface area contributed by atoms with Crippen LogP contribution < -0.4 is 5.32 Å². The molecule has 5 heteroatoms. The minimum atomic E-state index is -0.729. The van der Waals surface area contributed by atoms with Gasteiger partial charge in [-0.1, -0.05) is 37.5 Å². The van der Waals surface area contributed by atoms with Crippen LogP contribution in [-0.2, 0) is 11.8 Å². The van der Waals surface area contributed by atoms with Crippen molar-refractivity contribution in [2.75, 3.05) is 6.54 Å². The van der Waals surface area contributed by atoms with Crippen molar-refractivity contribution in [3.8, 4) is 0 Å². The van der Waals surface area contributed by atoms with Gasteiger partial charge in [0.15, 0.2) is 0 Å². The molecule has 23 heavy (non-hydrogen) atoms. The minimum absolute atomic E-state index is 0.0346. The number of aryl methyl sites for hydroxylation is 1. The second-order valence-corrected chi connectivity index (χ2v) is 5.84. The van der Waals surface area contributed by atoms with Crippen molar-refractivity contribution in [2.24, 2.45) is 7.05 Å². The van der Waals surface area contributed by atoms with Crippen LogP contribution in [0.15, 0.2) is 30.5 Å². The number of nitrogens with one attached hydrogen (secondary N) is 1. The van der Waals surface area contributed by atoms with E-state index >= 15 is 0 Å². The quantitative estimate of drug-likeness (QED) is 0.697. The third-order valence-corrected chi connectivity index (χ3v) is 3.99. The van der Waals surface area contributed by atoms with Crippen molar-refractivity contribution >= 4 is 22.8 Å². The van der Waals surface area contributed by atoms with Crippen LogP contribution in [0.1, 0.15) is 48.9 Å². The molecule has 0 bridgehead atoms. The summed E-state index contributed by atoms with van der Waals surface area (Å²) in [5.74, 6) is -0.764. The van der Waals surface area contributed by atoms with Gasteiger partial charge >= 0.3 is 5.97 Å². The molecular weight excluding hydrogens is 292 g/mol. The normalized spacial score (nSPS) is 10.8. The van der Waals surface area contributed by atoms with Crippen molar-refractivity contribution in [1.29, 1.82) is 0 Å². The number of benzene rings is 1. The van der Waals surface area contributed by atoms with Crippen LogP contribution in [0.2, 0.25) is 0 Å². The molecule has 0 aliphatic rings. The zero-order chi connectivity index (χ0) is 16.7. The average Bonchev–Trinajstić information content (AvgIpc) is 2.87. The van der Waals surface area contributed by atoms with Crippen molar-refractivity contribution < 1.29 is 14.7 Å². The van der Waals surface area contributed by atoms with Gasteiger partial charge in [-0.25, -0.2) is 0 Å². The smallest absolute Gasteiger partial charge is 0.303 e. The molecule has 2 aromatic rings. The van der Waals surface area contributed by atoms with E-state index in [1.807, 2.05) is 42.1 Å². The number of hydrogen-bond donors (Lipinski definition) is 2. The number of amides is 1. The third-order valence-electron chi connectivity index (χ3n) is 3.99. The third kappa shape index (κ3) is 4.84. The number of carbonyl (C=O) groups excluding carboxylic acids is 1. The Bertz CT molecular complexity index is 676. The summed E-state index contributed by atoms with van der Waals surface area (Å²) in [5.41, 5.74) is 1.76. The highest BCUT2D eigenvalue weighted by Gasteiger charge is 2.12. The number of nitrogens with zero attached hydrogens (tertiary/aromatic N) is 1. The van der Waals surface area contributed by atoms with E-state index in [-0.39, 0.29) is 12.3 Å². The summed E-state index contributed by atoms with van der Waals surface area (Å²) in [6.07, 6.45) is 6.72. The van der Waals surface area contributed by atoms with Crippen molar-refractivity contribution in [2.45, 2.75) is 38.5 Å². The number of carboxylic acid groups (broad SMARTS) is 1. The Kier molecular flexibility index (Phi) is 6.20. The predicted octanol–water partition coefficient (Wildman–Crippen LogP) is 3.33. The van der Waals surface area contributed by atoms with Crippen LogP contribution >= 0.6 is 0 Å². The molecule has 1 aromatic carbocycles. The fraction of sp³-hybridized carbons (Fsp3) is 0.444. The second-order valence-electron chi connectivity index (χ2n) is 5.84. The van der Waals surface area contributed by atoms with Gasteiger partial charge in [-0.2, -0.15) is 0 Å². The molecule has 5 nitrogen and oxygen atoms in total. The van der Waals surface area contributed by atoms with Gasteiger partial charge in [-0.3, -0.25) is 9.59 Å². The number of aromatic nitrogens is 1. The Morgan fingerprint density at radius 1 is 1.09 bits per heavy atom. The summed E-state index contributed by atoms with van der Waals surface area (Å²) < 4.78 is 1.96. The van der Waals surface area contributed by atoms with E-state index in [1.165, 1.54) is 0 Å². The number of carbonyl (C=O) groups is 2. The zero-order valence-corrected chi connectivity index (χ0v) is 13.5. The Morgan fingerprint density at radius 3 is 2.57 bits per heavy atom. The molecule has 0 saturated carbocycles. The standard InChI is InChI=1S/C18H24N2O3/c1-20-13-15(14-9-6-7-10-16(14)20)18(23)19-12-8-4-2-3-5-11-17(21)22/h6-7,9-10,13H,2-5,8,11-12H2,1H3,(H,19,23)(H,21,22). The van der Waals surface area contributed by atoms with E-state index in [9.17, 15) is 9.59 Å². The summed E-state index contributed by atoms with van der Waals surface area (Å²) in [6, 6.07) is 7.88. The number of fused-ring (bicyclic) bond motifs is 1. The molecule has 0 aliphatic carbocycles. The van der Waals surface area contributed by atoms with Crippen LogP contribution in [0.3, 0.4) is 0 Å². The van der Waals surface area contributed by atoms with Gasteiger partial charge in [0.2, 0.25) is 0 Å². The monoisotopic (exact) mass is 316 g/mol. The summed E-state index contributed by atoms with van der Waals surface area (Å²) in [7, 11) is 1.94. The summed E-state index contributed by atoms with van der Waals surface area (Å²) >= 11 is 0. The first kappa shape index (κ1) is 17.1. The Labute approximate surface area is 136 Å². The van der Waals surface area contributed by atoms with Crippen LogP contribution in [0, 0.1) is 0 Å². The second kappa shape index (κ2) is 8.36. The summed E-state index contributed by atoms with van der Waals surface area (Å²) in [4.78, 5) is 22.7. The molecule has 1 aromatic heterocycles. The molecule has 1 heterocycles. The molecule has 2 rings (SSSR count). The molecule has 0 fully saturated rings. The van der Waals surface area contributed by atoms with Gasteiger partial charge in [0, 0.05) is 37.1 Å². The highest BCUT2D eigenvalue weighted by atomic mass is 16.4. The highest BCUT2D eigenvalue weighted by molar-refractivity contribution is 6.06. The van der Waals surface area contributed by atoms with Crippen LogP contribution in [0.25, 0.3) is 10.9 Å². The Hall–Kier alpha value is -2.30. The molecule has 0 radical (unpaired) electrons. The number of unbranched alkanes of at least 4 members (excludes halogenated alkanes) is 4. The molecular formula is C18H24N2O3. The van der Waals surface area contributed by atoms with Crippen molar-refractivity contribution in [1.82, 2.24) is 9.88 Å². The number of rotatable bonds is 9. The lowest BCUT2D eigenvalue weighted by Gasteiger charge is -2.04. The van der Waals surface area contributed by atoms with Gasteiger partial charge < -0.3 is 15.0 Å². The minimum Gasteiger partial charge on any atom is -0.481 e. The summed E-state index contributed by atoms with van der Waals surface area (Å²) in [5, 5.41) is 12.5. The van der Waals surface area contributed by atoms with Gasteiger partial charge in [-0.15, -0.1) is 0 Å². The van der Waals surface area contributed by atoms with Gasteiger partial charge in [0.25, 0.3) is 5.91 Å². The fourth-order valence-corrected chi connectivity index (χ4v) is 2.75. The predicted molar refractivity (Wildman–Crippen MR) is 90.6 cm³/mol.